The monoisotopic (exact) mass is 406 g/mol. The lowest BCUT2D eigenvalue weighted by Gasteiger charge is -2.34. The van der Waals surface area contributed by atoms with Crippen LogP contribution in [0.1, 0.15) is 33.0 Å². The third-order valence-electron chi connectivity index (χ3n) is 6.05. The van der Waals surface area contributed by atoms with Gasteiger partial charge < -0.3 is 4.74 Å². The highest BCUT2D eigenvalue weighted by molar-refractivity contribution is 6.52. The molecular formula is C27H15FO3. The zero-order chi connectivity index (χ0) is 21.1. The Kier molecular flexibility index (Phi) is 3.71. The van der Waals surface area contributed by atoms with Crippen molar-refractivity contribution in [1.82, 2.24) is 0 Å². The molecule has 0 amide bonds. The Morgan fingerprint density at radius 2 is 1.42 bits per heavy atom. The fourth-order valence-corrected chi connectivity index (χ4v) is 4.68. The number of hydrogen-bond acceptors (Lipinski definition) is 3. The van der Waals surface area contributed by atoms with Crippen LogP contribution in [0.4, 0.5) is 4.39 Å². The molecule has 0 spiro atoms. The van der Waals surface area contributed by atoms with Crippen LogP contribution in [0.5, 0.6) is 5.75 Å². The van der Waals surface area contributed by atoms with E-state index in [4.69, 9.17) is 4.74 Å². The van der Waals surface area contributed by atoms with Crippen LogP contribution in [0.15, 0.2) is 90.5 Å². The van der Waals surface area contributed by atoms with Gasteiger partial charge in [0.25, 0.3) is 0 Å². The maximum absolute atomic E-state index is 15.1. The van der Waals surface area contributed by atoms with Gasteiger partial charge in [0.1, 0.15) is 17.3 Å². The normalized spacial score (nSPS) is 17.1. The van der Waals surface area contributed by atoms with E-state index in [-0.39, 0.29) is 5.57 Å². The van der Waals surface area contributed by atoms with Crippen LogP contribution < -0.4 is 4.74 Å². The van der Waals surface area contributed by atoms with E-state index in [2.05, 4.69) is 0 Å². The molecule has 0 bridgehead atoms. The molecule has 0 aromatic heterocycles. The summed E-state index contributed by atoms with van der Waals surface area (Å²) in [4.78, 5) is 26.3. The van der Waals surface area contributed by atoms with Gasteiger partial charge >= 0.3 is 0 Å². The standard InChI is InChI=1S/C27H15FO3/c28-20-12-6-5-11-19(20)23-22-16-8-2-1-7-15(16)13-14-21(22)31-27-18-10-4-3-9-17(18)25(29)26(30)24(23)27/h1-14,23H. The minimum atomic E-state index is -0.754. The van der Waals surface area contributed by atoms with Gasteiger partial charge in [-0.1, -0.05) is 72.8 Å². The van der Waals surface area contributed by atoms with Crippen molar-refractivity contribution >= 4 is 28.1 Å². The number of rotatable bonds is 1. The number of hydrogen-bond donors (Lipinski definition) is 0. The summed E-state index contributed by atoms with van der Waals surface area (Å²) >= 11 is 0. The van der Waals surface area contributed by atoms with Crippen molar-refractivity contribution in [2.24, 2.45) is 0 Å². The van der Waals surface area contributed by atoms with Crippen molar-refractivity contribution in [2.45, 2.75) is 5.92 Å². The van der Waals surface area contributed by atoms with E-state index in [1.54, 1.807) is 42.5 Å². The first kappa shape index (κ1) is 17.8. The maximum Gasteiger partial charge on any atom is 0.234 e. The number of ether oxygens (including phenoxy) is 1. The lowest BCUT2D eigenvalue weighted by Crippen LogP contribution is -2.32. The van der Waals surface area contributed by atoms with Gasteiger partial charge in [-0.2, -0.15) is 0 Å². The van der Waals surface area contributed by atoms with E-state index in [1.165, 1.54) is 6.07 Å². The number of fused-ring (bicyclic) bond motifs is 5. The number of carbonyl (C=O) groups is 2. The molecule has 1 aliphatic heterocycles. The minimum absolute atomic E-state index is 0.192. The fraction of sp³-hybridized carbons (Fsp3) is 0.0370. The Bertz CT molecular complexity index is 1460. The number of allylic oxidation sites excluding steroid dienone is 1. The van der Waals surface area contributed by atoms with E-state index in [0.29, 0.717) is 33.8 Å². The zero-order valence-electron chi connectivity index (χ0n) is 16.3. The van der Waals surface area contributed by atoms with Crippen molar-refractivity contribution < 1.29 is 18.7 Å². The molecule has 2 aliphatic rings. The van der Waals surface area contributed by atoms with Crippen LogP contribution in [0.3, 0.4) is 0 Å². The number of benzene rings is 4. The van der Waals surface area contributed by atoms with E-state index < -0.39 is 23.3 Å². The molecule has 4 aromatic rings. The van der Waals surface area contributed by atoms with Crippen LogP contribution in [0.25, 0.3) is 16.5 Å². The first-order valence-electron chi connectivity index (χ1n) is 10.0. The predicted molar refractivity (Wildman–Crippen MR) is 116 cm³/mol. The van der Waals surface area contributed by atoms with Crippen molar-refractivity contribution in [1.29, 1.82) is 0 Å². The van der Waals surface area contributed by atoms with Gasteiger partial charge in [-0.05, 0) is 22.9 Å². The summed E-state index contributed by atoms with van der Waals surface area (Å²) < 4.78 is 21.4. The minimum Gasteiger partial charge on any atom is -0.456 e. The molecule has 0 N–H and O–H groups in total. The summed E-state index contributed by atoms with van der Waals surface area (Å²) in [5.41, 5.74) is 2.10. The lowest BCUT2D eigenvalue weighted by molar-refractivity contribution is -0.112. The summed E-state index contributed by atoms with van der Waals surface area (Å²) in [6.07, 6.45) is 0. The average Bonchev–Trinajstić information content (AvgIpc) is 2.81. The summed E-state index contributed by atoms with van der Waals surface area (Å²) in [5, 5.41) is 1.81. The lowest BCUT2D eigenvalue weighted by atomic mass is 9.74. The molecule has 1 unspecified atom stereocenters. The van der Waals surface area contributed by atoms with Gasteiger partial charge in [0, 0.05) is 28.2 Å². The van der Waals surface area contributed by atoms with Crippen molar-refractivity contribution in [3.8, 4) is 5.75 Å². The molecule has 1 atom stereocenters. The van der Waals surface area contributed by atoms with Gasteiger partial charge in [0.15, 0.2) is 0 Å². The van der Waals surface area contributed by atoms with Crippen molar-refractivity contribution in [3.05, 3.63) is 119 Å². The molecule has 0 saturated carbocycles. The highest BCUT2D eigenvalue weighted by Crippen LogP contribution is 2.51. The third kappa shape index (κ3) is 2.45. The Morgan fingerprint density at radius 3 is 2.26 bits per heavy atom. The highest BCUT2D eigenvalue weighted by Gasteiger charge is 2.44. The molecule has 4 aromatic carbocycles. The number of Topliss-reactive ketones (excluding diaryl/α,β-unsaturated/α-hetero) is 2. The summed E-state index contributed by atoms with van der Waals surface area (Å²) in [6, 6.07) is 24.8. The van der Waals surface area contributed by atoms with Crippen molar-refractivity contribution in [3.63, 3.8) is 0 Å². The number of halogens is 1. The second-order valence-corrected chi connectivity index (χ2v) is 7.70. The first-order valence-corrected chi connectivity index (χ1v) is 10.0. The van der Waals surface area contributed by atoms with Gasteiger partial charge in [-0.3, -0.25) is 9.59 Å². The second kappa shape index (κ2) is 6.47. The first-order chi connectivity index (χ1) is 15.1. The molecule has 148 valence electrons. The van der Waals surface area contributed by atoms with Crippen LogP contribution in [-0.2, 0) is 4.79 Å². The number of ketones is 2. The topological polar surface area (TPSA) is 43.4 Å². The fourth-order valence-electron chi connectivity index (χ4n) is 4.68. The largest absolute Gasteiger partial charge is 0.456 e. The number of carbonyl (C=O) groups excluding carboxylic acids is 2. The van der Waals surface area contributed by atoms with E-state index >= 15 is 4.39 Å². The molecule has 1 heterocycles. The molecule has 6 rings (SSSR count). The van der Waals surface area contributed by atoms with Gasteiger partial charge in [0.05, 0.1) is 5.57 Å². The summed E-state index contributed by atoms with van der Waals surface area (Å²) in [5.74, 6) is -1.54. The van der Waals surface area contributed by atoms with E-state index in [9.17, 15) is 9.59 Å². The molecule has 3 nitrogen and oxygen atoms in total. The molecule has 0 radical (unpaired) electrons. The Hall–Kier alpha value is -4.05. The van der Waals surface area contributed by atoms with Crippen LogP contribution >= 0.6 is 0 Å². The summed E-state index contributed by atoms with van der Waals surface area (Å²) in [7, 11) is 0. The van der Waals surface area contributed by atoms with Crippen LogP contribution in [0.2, 0.25) is 0 Å². The quantitative estimate of drug-likeness (QED) is 0.382. The molecule has 31 heavy (non-hydrogen) atoms. The molecule has 1 aliphatic carbocycles. The molecular weight excluding hydrogens is 391 g/mol. The highest BCUT2D eigenvalue weighted by atomic mass is 19.1. The molecule has 0 fully saturated rings. The van der Waals surface area contributed by atoms with E-state index in [0.717, 1.165) is 10.8 Å². The van der Waals surface area contributed by atoms with Gasteiger partial charge in [-0.25, -0.2) is 4.39 Å². The average molecular weight is 406 g/mol. The smallest absolute Gasteiger partial charge is 0.234 e. The predicted octanol–water partition coefficient (Wildman–Crippen LogP) is 5.68. The summed E-state index contributed by atoms with van der Waals surface area (Å²) in [6.45, 7) is 0. The Morgan fingerprint density at radius 1 is 0.710 bits per heavy atom. The molecule has 4 heteroatoms. The Balaban J connectivity index is 1.75. The Labute approximate surface area is 177 Å². The van der Waals surface area contributed by atoms with Crippen LogP contribution in [0, 0.1) is 5.82 Å². The van der Waals surface area contributed by atoms with Crippen LogP contribution in [-0.4, -0.2) is 11.6 Å². The van der Waals surface area contributed by atoms with Gasteiger partial charge in [-0.15, -0.1) is 0 Å². The third-order valence-corrected chi connectivity index (χ3v) is 6.05. The van der Waals surface area contributed by atoms with Crippen molar-refractivity contribution in [2.75, 3.05) is 0 Å². The second-order valence-electron chi connectivity index (χ2n) is 7.70. The van der Waals surface area contributed by atoms with Gasteiger partial charge in [0.2, 0.25) is 11.6 Å². The van der Waals surface area contributed by atoms with E-state index in [1.807, 2.05) is 36.4 Å². The maximum atomic E-state index is 15.1. The SMILES string of the molecule is O=C1C(=O)c2ccccc2C2=C1C(c1ccccc1F)c1c(ccc3ccccc13)O2. The zero-order valence-corrected chi connectivity index (χ0v) is 16.3. The molecule has 0 saturated heterocycles.